The molecular formula is C19H26O4. The molecule has 2 aliphatic rings. The summed E-state index contributed by atoms with van der Waals surface area (Å²) in [6.07, 6.45) is 5.08. The summed E-state index contributed by atoms with van der Waals surface area (Å²) >= 11 is 0. The number of carbonyl (C=O) groups is 3. The summed E-state index contributed by atoms with van der Waals surface area (Å²) in [7, 11) is 0. The summed E-state index contributed by atoms with van der Waals surface area (Å²) in [5.41, 5.74) is 0.879. The molecular weight excluding hydrogens is 292 g/mol. The second-order valence-corrected chi connectivity index (χ2v) is 7.38. The lowest BCUT2D eigenvalue weighted by atomic mass is 9.61. The number of ether oxygens (including phenoxy) is 1. The van der Waals surface area contributed by atoms with Crippen molar-refractivity contribution < 1.29 is 19.1 Å². The van der Waals surface area contributed by atoms with Crippen LogP contribution in [0.1, 0.15) is 53.9 Å². The Morgan fingerprint density at radius 3 is 2.61 bits per heavy atom. The van der Waals surface area contributed by atoms with Crippen molar-refractivity contribution in [2.45, 2.75) is 60.0 Å². The van der Waals surface area contributed by atoms with E-state index < -0.39 is 5.41 Å². The zero-order chi connectivity index (χ0) is 17.4. The quantitative estimate of drug-likeness (QED) is 0.589. The Balaban J connectivity index is 2.23. The van der Waals surface area contributed by atoms with Gasteiger partial charge in [-0.05, 0) is 31.8 Å². The van der Waals surface area contributed by atoms with Crippen LogP contribution in [0.5, 0.6) is 0 Å². The molecule has 1 fully saturated rings. The van der Waals surface area contributed by atoms with Crippen LogP contribution >= 0.6 is 0 Å². The smallest absolute Gasteiger partial charge is 0.306 e. The molecule has 0 aromatic carbocycles. The zero-order valence-corrected chi connectivity index (χ0v) is 14.6. The van der Waals surface area contributed by atoms with E-state index in [1.54, 1.807) is 12.2 Å². The van der Waals surface area contributed by atoms with Gasteiger partial charge in [-0.15, -0.1) is 0 Å². The summed E-state index contributed by atoms with van der Waals surface area (Å²) in [5.74, 6) is -0.286. The van der Waals surface area contributed by atoms with Crippen molar-refractivity contribution in [2.75, 3.05) is 0 Å². The van der Waals surface area contributed by atoms with Gasteiger partial charge in [0.2, 0.25) is 0 Å². The van der Waals surface area contributed by atoms with Crippen LogP contribution in [0.4, 0.5) is 0 Å². The molecule has 0 spiro atoms. The van der Waals surface area contributed by atoms with Crippen molar-refractivity contribution in [3.05, 3.63) is 23.3 Å². The van der Waals surface area contributed by atoms with Gasteiger partial charge in [-0.1, -0.05) is 39.3 Å². The van der Waals surface area contributed by atoms with Crippen LogP contribution in [0, 0.1) is 17.3 Å². The van der Waals surface area contributed by atoms with E-state index in [4.69, 9.17) is 4.74 Å². The maximum absolute atomic E-state index is 12.1. The number of esters is 1. The molecule has 0 radical (unpaired) electrons. The van der Waals surface area contributed by atoms with Crippen molar-refractivity contribution >= 4 is 17.5 Å². The van der Waals surface area contributed by atoms with Gasteiger partial charge in [-0.25, -0.2) is 0 Å². The van der Waals surface area contributed by atoms with E-state index in [-0.39, 0.29) is 41.0 Å². The SMILES string of the molecule is CC(=O)C1=C[C@@]2(C)C(=CC1=O)CC[C@H](OC(=O)CC(C)C)[C@@H]2C. The average Bonchev–Trinajstić information content (AvgIpc) is 2.43. The molecule has 1 saturated carbocycles. The molecule has 0 aliphatic heterocycles. The molecule has 2 rings (SSSR count). The number of fused-ring (bicyclic) bond motifs is 1. The van der Waals surface area contributed by atoms with Gasteiger partial charge in [0.25, 0.3) is 0 Å². The van der Waals surface area contributed by atoms with E-state index >= 15 is 0 Å². The van der Waals surface area contributed by atoms with Crippen LogP contribution in [-0.2, 0) is 19.1 Å². The van der Waals surface area contributed by atoms with Gasteiger partial charge in [0.15, 0.2) is 11.6 Å². The van der Waals surface area contributed by atoms with E-state index in [1.165, 1.54) is 6.92 Å². The molecule has 126 valence electrons. The number of hydrogen-bond donors (Lipinski definition) is 0. The molecule has 0 aromatic heterocycles. The van der Waals surface area contributed by atoms with Gasteiger partial charge in [0.05, 0.1) is 5.57 Å². The average molecular weight is 318 g/mol. The van der Waals surface area contributed by atoms with Crippen LogP contribution in [0.25, 0.3) is 0 Å². The van der Waals surface area contributed by atoms with Gasteiger partial charge in [0, 0.05) is 17.8 Å². The predicted molar refractivity (Wildman–Crippen MR) is 87.7 cm³/mol. The predicted octanol–water partition coefficient (Wildman–Crippen LogP) is 3.41. The van der Waals surface area contributed by atoms with Crippen LogP contribution in [0.15, 0.2) is 23.3 Å². The summed E-state index contributed by atoms with van der Waals surface area (Å²) in [5, 5.41) is 0. The number of hydrogen-bond acceptors (Lipinski definition) is 4. The first-order valence-corrected chi connectivity index (χ1v) is 8.33. The van der Waals surface area contributed by atoms with Crippen molar-refractivity contribution in [2.24, 2.45) is 17.3 Å². The first-order valence-electron chi connectivity index (χ1n) is 8.33. The molecule has 3 atom stereocenters. The monoisotopic (exact) mass is 318 g/mol. The van der Waals surface area contributed by atoms with E-state index in [9.17, 15) is 14.4 Å². The highest BCUT2D eigenvalue weighted by atomic mass is 16.5. The number of ketones is 2. The summed E-state index contributed by atoms with van der Waals surface area (Å²) < 4.78 is 5.69. The van der Waals surface area contributed by atoms with Crippen LogP contribution in [0.2, 0.25) is 0 Å². The van der Waals surface area contributed by atoms with Gasteiger partial charge >= 0.3 is 5.97 Å². The molecule has 23 heavy (non-hydrogen) atoms. The van der Waals surface area contributed by atoms with Crippen LogP contribution in [-0.4, -0.2) is 23.6 Å². The highest BCUT2D eigenvalue weighted by Gasteiger charge is 2.45. The second kappa shape index (κ2) is 6.42. The molecule has 0 N–H and O–H groups in total. The molecule has 4 nitrogen and oxygen atoms in total. The Kier molecular flexibility index (Phi) is 4.92. The fourth-order valence-electron chi connectivity index (χ4n) is 3.54. The van der Waals surface area contributed by atoms with Crippen LogP contribution in [0.3, 0.4) is 0 Å². The lowest BCUT2D eigenvalue weighted by Crippen LogP contribution is -2.43. The van der Waals surface area contributed by atoms with E-state index in [0.29, 0.717) is 12.8 Å². The zero-order valence-electron chi connectivity index (χ0n) is 14.6. The minimum Gasteiger partial charge on any atom is -0.462 e. The third-order valence-electron chi connectivity index (χ3n) is 5.15. The Hall–Kier alpha value is -1.71. The molecule has 0 amide bonds. The molecule has 2 aliphatic carbocycles. The molecule has 0 bridgehead atoms. The first kappa shape index (κ1) is 17.6. The van der Waals surface area contributed by atoms with Crippen molar-refractivity contribution in [1.82, 2.24) is 0 Å². The maximum atomic E-state index is 12.1. The molecule has 4 heteroatoms. The van der Waals surface area contributed by atoms with E-state index in [2.05, 4.69) is 0 Å². The molecule has 0 aromatic rings. The summed E-state index contributed by atoms with van der Waals surface area (Å²) in [6.45, 7) is 9.45. The largest absolute Gasteiger partial charge is 0.462 e. The molecule has 0 saturated heterocycles. The number of Topliss-reactive ketones (excluding diaryl/α,β-unsaturated/α-hetero) is 1. The minimum atomic E-state index is -0.407. The standard InChI is InChI=1S/C19H26O4/c1-11(2)8-18(22)23-17-7-6-14-9-16(21)15(13(4)20)10-19(14,5)12(17)3/h9-12,17H,6-8H2,1-5H3/t12-,17-,19+/m0/s1. The maximum Gasteiger partial charge on any atom is 0.306 e. The van der Waals surface area contributed by atoms with Crippen molar-refractivity contribution in [3.63, 3.8) is 0 Å². The topological polar surface area (TPSA) is 60.4 Å². The summed E-state index contributed by atoms with van der Waals surface area (Å²) in [6, 6.07) is 0. The Bertz CT molecular complexity index is 596. The Labute approximate surface area is 138 Å². The second-order valence-electron chi connectivity index (χ2n) is 7.38. The van der Waals surface area contributed by atoms with Crippen molar-refractivity contribution in [3.8, 4) is 0 Å². The molecule has 0 heterocycles. The Morgan fingerprint density at radius 1 is 1.39 bits per heavy atom. The van der Waals surface area contributed by atoms with Gasteiger partial charge in [0.1, 0.15) is 6.10 Å². The van der Waals surface area contributed by atoms with E-state index in [0.717, 1.165) is 12.0 Å². The lowest BCUT2D eigenvalue weighted by Gasteiger charge is -2.45. The normalized spacial score (nSPS) is 30.4. The van der Waals surface area contributed by atoms with Gasteiger partial charge < -0.3 is 4.74 Å². The number of carbonyl (C=O) groups excluding carboxylic acids is 3. The minimum absolute atomic E-state index is 0.0288. The third kappa shape index (κ3) is 3.46. The van der Waals surface area contributed by atoms with Crippen molar-refractivity contribution in [1.29, 1.82) is 0 Å². The summed E-state index contributed by atoms with van der Waals surface area (Å²) in [4.78, 5) is 35.8. The number of allylic oxidation sites excluding steroid dienone is 4. The first-order chi connectivity index (χ1) is 10.6. The fourth-order valence-corrected chi connectivity index (χ4v) is 3.54. The number of rotatable bonds is 4. The fraction of sp³-hybridized carbons (Fsp3) is 0.632. The molecule has 0 unspecified atom stereocenters. The Morgan fingerprint density at radius 2 is 2.04 bits per heavy atom. The van der Waals surface area contributed by atoms with E-state index in [1.807, 2.05) is 27.7 Å². The highest BCUT2D eigenvalue weighted by Crippen LogP contribution is 2.49. The van der Waals surface area contributed by atoms with Gasteiger partial charge in [-0.2, -0.15) is 0 Å². The highest BCUT2D eigenvalue weighted by molar-refractivity contribution is 6.24. The van der Waals surface area contributed by atoms with Gasteiger partial charge in [-0.3, -0.25) is 14.4 Å². The third-order valence-corrected chi connectivity index (χ3v) is 5.15. The van der Waals surface area contributed by atoms with Crippen LogP contribution < -0.4 is 0 Å². The lowest BCUT2D eigenvalue weighted by molar-refractivity contribution is -0.155.